The summed E-state index contributed by atoms with van der Waals surface area (Å²) in [4.78, 5) is 9.93. The van der Waals surface area contributed by atoms with Crippen molar-refractivity contribution in [3.05, 3.63) is 0 Å². The minimum Gasteiger partial charge on any atom is -0.481 e. The highest BCUT2D eigenvalue weighted by atomic mass is 32.2. The molecule has 0 radical (unpaired) electrons. The molecule has 0 spiro atoms. The molecule has 0 aromatic heterocycles. The van der Waals surface area contributed by atoms with Gasteiger partial charge in [-0.05, 0) is 6.26 Å². The molecule has 52 valence electrons. The van der Waals surface area contributed by atoms with Crippen LogP contribution in [0.25, 0.3) is 0 Å². The van der Waals surface area contributed by atoms with Crippen LogP contribution in [0.5, 0.6) is 0 Å². The number of aliphatic carboxylic acids is 1. The maximum Gasteiger partial charge on any atom is 0.313 e. The van der Waals surface area contributed by atoms with Crippen LogP contribution in [0.4, 0.5) is 0 Å². The van der Waals surface area contributed by atoms with Crippen LogP contribution in [0.1, 0.15) is 0 Å². The summed E-state index contributed by atoms with van der Waals surface area (Å²) >= 11 is 7.31. The zero-order chi connectivity index (χ0) is 7.28. The Morgan fingerprint density at radius 2 is 2.33 bits per heavy atom. The highest BCUT2D eigenvalue weighted by Crippen LogP contribution is 2.13. The van der Waals surface area contributed by atoms with Crippen LogP contribution < -0.4 is 0 Å². The van der Waals surface area contributed by atoms with E-state index in [9.17, 15) is 4.79 Å². The predicted molar refractivity (Wildman–Crippen MR) is 46.2 cm³/mol. The molecule has 5 heteroatoms. The van der Waals surface area contributed by atoms with Crippen LogP contribution in [0.2, 0.25) is 0 Å². The van der Waals surface area contributed by atoms with E-state index in [2.05, 4.69) is 0 Å². The fourth-order valence-electron chi connectivity index (χ4n) is 0.180. The molecule has 0 aromatic carbocycles. The molecular formula is C4H6O2S3. The van der Waals surface area contributed by atoms with Crippen molar-refractivity contribution in [1.82, 2.24) is 0 Å². The van der Waals surface area contributed by atoms with Gasteiger partial charge in [-0.25, -0.2) is 0 Å². The first-order valence-corrected chi connectivity index (χ1v) is 4.71. The molecule has 0 rings (SSSR count). The maximum absolute atomic E-state index is 9.93. The summed E-state index contributed by atoms with van der Waals surface area (Å²) in [6.45, 7) is 0. The van der Waals surface area contributed by atoms with Gasteiger partial charge in [-0.3, -0.25) is 4.79 Å². The Morgan fingerprint density at radius 1 is 1.78 bits per heavy atom. The lowest BCUT2D eigenvalue weighted by atomic mass is 10.8. The number of hydrogen-bond acceptors (Lipinski definition) is 4. The zero-order valence-electron chi connectivity index (χ0n) is 4.79. The van der Waals surface area contributed by atoms with Gasteiger partial charge in [-0.1, -0.05) is 24.0 Å². The first-order chi connectivity index (χ1) is 4.16. The second-order valence-corrected chi connectivity index (χ2v) is 4.12. The number of carboxylic acids is 1. The maximum atomic E-state index is 9.93. The standard InChI is InChI=1S/C4H6O2S3/c1-8-4(7)9-2-3(5)6/h2H2,1H3,(H,5,6). The SMILES string of the molecule is CSC(=S)SCC(=O)O. The van der Waals surface area contributed by atoms with E-state index in [0.717, 1.165) is 0 Å². The van der Waals surface area contributed by atoms with Gasteiger partial charge in [0.15, 0.2) is 0 Å². The van der Waals surface area contributed by atoms with Crippen molar-refractivity contribution in [2.24, 2.45) is 0 Å². The van der Waals surface area contributed by atoms with Crippen molar-refractivity contribution < 1.29 is 9.90 Å². The van der Waals surface area contributed by atoms with Gasteiger partial charge in [0.25, 0.3) is 0 Å². The van der Waals surface area contributed by atoms with Gasteiger partial charge in [0.1, 0.15) is 3.53 Å². The van der Waals surface area contributed by atoms with Crippen molar-refractivity contribution in [2.75, 3.05) is 12.0 Å². The van der Waals surface area contributed by atoms with Crippen molar-refractivity contribution >= 4 is 45.2 Å². The fourth-order valence-corrected chi connectivity index (χ4v) is 1.25. The average Bonchev–Trinajstić information content (AvgIpc) is 1.83. The van der Waals surface area contributed by atoms with Crippen LogP contribution >= 0.6 is 35.7 Å². The lowest BCUT2D eigenvalue weighted by Gasteiger charge is -1.93. The molecule has 0 bridgehead atoms. The van der Waals surface area contributed by atoms with Gasteiger partial charge in [0.2, 0.25) is 0 Å². The number of thioether (sulfide) groups is 2. The Balaban J connectivity index is 3.28. The molecule has 2 nitrogen and oxygen atoms in total. The van der Waals surface area contributed by atoms with Crippen molar-refractivity contribution in [3.8, 4) is 0 Å². The quantitative estimate of drug-likeness (QED) is 0.654. The van der Waals surface area contributed by atoms with Crippen molar-refractivity contribution in [1.29, 1.82) is 0 Å². The number of thiocarbonyl (C=S) groups is 1. The molecular weight excluding hydrogens is 176 g/mol. The van der Waals surface area contributed by atoms with E-state index >= 15 is 0 Å². The molecule has 0 aliphatic heterocycles. The molecule has 0 saturated heterocycles. The average molecular weight is 182 g/mol. The second kappa shape index (κ2) is 5.08. The van der Waals surface area contributed by atoms with E-state index in [-0.39, 0.29) is 5.75 Å². The van der Waals surface area contributed by atoms with Crippen LogP contribution in [0.3, 0.4) is 0 Å². The van der Waals surface area contributed by atoms with E-state index in [1.54, 1.807) is 0 Å². The van der Waals surface area contributed by atoms with Crippen LogP contribution in [-0.2, 0) is 4.79 Å². The predicted octanol–water partition coefficient (Wildman–Crippen LogP) is 1.45. The van der Waals surface area contributed by atoms with E-state index in [1.807, 2.05) is 6.26 Å². The van der Waals surface area contributed by atoms with Gasteiger partial charge < -0.3 is 5.11 Å². The summed E-state index contributed by atoms with van der Waals surface area (Å²) in [5, 5.41) is 8.17. The minimum absolute atomic E-state index is 0.0691. The largest absolute Gasteiger partial charge is 0.481 e. The first kappa shape index (κ1) is 9.26. The molecule has 0 amide bonds. The number of carboxylic acid groups (broad SMARTS) is 1. The lowest BCUT2D eigenvalue weighted by molar-refractivity contribution is -0.133. The summed E-state index contributed by atoms with van der Waals surface area (Å²) in [6.07, 6.45) is 1.83. The normalized spacial score (nSPS) is 9.00. The monoisotopic (exact) mass is 182 g/mol. The Kier molecular flexibility index (Phi) is 5.22. The topological polar surface area (TPSA) is 37.3 Å². The van der Waals surface area contributed by atoms with E-state index < -0.39 is 5.97 Å². The van der Waals surface area contributed by atoms with Gasteiger partial charge in [0.05, 0.1) is 5.75 Å². The molecule has 1 N–H and O–H groups in total. The summed E-state index contributed by atoms with van der Waals surface area (Å²) in [6, 6.07) is 0. The Morgan fingerprint density at radius 3 is 2.67 bits per heavy atom. The third-order valence-electron chi connectivity index (χ3n) is 0.480. The number of carbonyl (C=O) groups is 1. The van der Waals surface area contributed by atoms with Crippen molar-refractivity contribution in [3.63, 3.8) is 0 Å². The van der Waals surface area contributed by atoms with Gasteiger partial charge in [0, 0.05) is 0 Å². The molecule has 9 heavy (non-hydrogen) atoms. The smallest absolute Gasteiger partial charge is 0.313 e. The summed E-state index contributed by atoms with van der Waals surface area (Å²) in [5.74, 6) is -0.754. The molecule has 0 atom stereocenters. The molecule has 0 aliphatic rings. The molecule has 0 unspecified atom stereocenters. The van der Waals surface area contributed by atoms with Crippen LogP contribution in [0.15, 0.2) is 0 Å². The van der Waals surface area contributed by atoms with E-state index in [1.165, 1.54) is 23.5 Å². The van der Waals surface area contributed by atoms with E-state index in [0.29, 0.717) is 3.53 Å². The molecule has 0 aliphatic carbocycles. The molecule has 0 saturated carbocycles. The van der Waals surface area contributed by atoms with Crippen LogP contribution in [-0.4, -0.2) is 26.6 Å². The minimum atomic E-state index is -0.823. The Hall–Kier alpha value is 0.260. The Bertz CT molecular complexity index is 123. The fraction of sp³-hybridized carbons (Fsp3) is 0.500. The van der Waals surface area contributed by atoms with Gasteiger partial charge in [-0.15, -0.1) is 11.8 Å². The van der Waals surface area contributed by atoms with Crippen LogP contribution in [0, 0.1) is 0 Å². The number of hydrogen-bond donors (Lipinski definition) is 1. The van der Waals surface area contributed by atoms with Gasteiger partial charge >= 0.3 is 5.97 Å². The summed E-state index contributed by atoms with van der Waals surface area (Å²) < 4.78 is 0.678. The second-order valence-electron chi connectivity index (χ2n) is 1.14. The highest BCUT2D eigenvalue weighted by molar-refractivity contribution is 8.47. The molecule has 0 aromatic rings. The molecule has 0 heterocycles. The van der Waals surface area contributed by atoms with Crippen molar-refractivity contribution in [2.45, 2.75) is 0 Å². The molecule has 0 fully saturated rings. The van der Waals surface area contributed by atoms with Gasteiger partial charge in [-0.2, -0.15) is 0 Å². The lowest BCUT2D eigenvalue weighted by Crippen LogP contribution is -1.98. The number of rotatable bonds is 2. The first-order valence-electron chi connectivity index (χ1n) is 2.09. The highest BCUT2D eigenvalue weighted by Gasteiger charge is 1.99. The Labute approximate surface area is 67.4 Å². The third kappa shape index (κ3) is 6.14. The summed E-state index contributed by atoms with van der Waals surface area (Å²) in [5.41, 5.74) is 0. The third-order valence-corrected chi connectivity index (χ3v) is 3.15. The zero-order valence-corrected chi connectivity index (χ0v) is 7.24. The van der Waals surface area contributed by atoms with E-state index in [4.69, 9.17) is 17.3 Å². The summed E-state index contributed by atoms with van der Waals surface area (Å²) in [7, 11) is 0.